The first-order valence-electron chi connectivity index (χ1n) is 14.4. The minimum absolute atomic E-state index is 0.186. The van der Waals surface area contributed by atoms with E-state index >= 15 is 0 Å². The number of amides is 4. The van der Waals surface area contributed by atoms with Gasteiger partial charge >= 0.3 is 17.9 Å². The second-order valence-corrected chi connectivity index (χ2v) is 12.4. The van der Waals surface area contributed by atoms with Gasteiger partial charge in [0.2, 0.25) is 23.6 Å². The van der Waals surface area contributed by atoms with Gasteiger partial charge in [-0.25, -0.2) is 0 Å². The molecule has 0 unspecified atom stereocenters. The van der Waals surface area contributed by atoms with Gasteiger partial charge in [0.05, 0.1) is 0 Å². The van der Waals surface area contributed by atoms with E-state index in [1.54, 1.807) is 12.1 Å². The Balaban J connectivity index is 2.46. The zero-order chi connectivity index (χ0) is 34.6. The van der Waals surface area contributed by atoms with Crippen molar-refractivity contribution < 1.29 is 52.5 Å². The molecule has 1 heterocycles. The largest absolute Gasteiger partial charge is 0.463 e. The molecule has 1 saturated heterocycles. The van der Waals surface area contributed by atoms with E-state index in [1.165, 1.54) is 27.8 Å². The van der Waals surface area contributed by atoms with Crippen LogP contribution in [-0.4, -0.2) is 102 Å². The fourth-order valence-electron chi connectivity index (χ4n) is 4.77. The summed E-state index contributed by atoms with van der Waals surface area (Å²) in [6.07, 6.45) is -3.63. The van der Waals surface area contributed by atoms with Gasteiger partial charge in [0, 0.05) is 54.6 Å². The maximum atomic E-state index is 13.4. The number of esters is 3. The molecule has 46 heavy (non-hydrogen) atoms. The molecule has 4 N–H and O–H groups in total. The van der Waals surface area contributed by atoms with Gasteiger partial charge in [-0.3, -0.25) is 33.6 Å². The molecule has 1 aromatic rings. The first kappa shape index (κ1) is 38.0. The van der Waals surface area contributed by atoms with Crippen molar-refractivity contribution in [2.24, 2.45) is 0 Å². The van der Waals surface area contributed by atoms with Gasteiger partial charge < -0.3 is 40.2 Å². The minimum Gasteiger partial charge on any atom is -0.463 e. The second-order valence-electron chi connectivity index (χ2n) is 10.8. The molecule has 0 bridgehead atoms. The highest BCUT2D eigenvalue weighted by molar-refractivity contribution is 8.01. The molecule has 4 amide bonds. The van der Waals surface area contributed by atoms with Crippen molar-refractivity contribution in [2.75, 3.05) is 20.2 Å². The molecule has 1 aromatic carbocycles. The number of carbonyl (C=O) groups excluding carboxylic acids is 7. The van der Waals surface area contributed by atoms with Gasteiger partial charge in [-0.05, 0) is 12.5 Å². The Morgan fingerprint density at radius 1 is 0.891 bits per heavy atom. The fraction of sp³-hybridized carbons (Fsp3) is 0.567. The molecule has 0 radical (unpaired) electrons. The number of carbonyl (C=O) groups is 7. The van der Waals surface area contributed by atoms with Crippen LogP contribution >= 0.6 is 11.8 Å². The molecule has 1 aliphatic rings. The summed E-state index contributed by atoms with van der Waals surface area (Å²) >= 11 is 0.889. The minimum atomic E-state index is -1.49. The van der Waals surface area contributed by atoms with Gasteiger partial charge in [-0.1, -0.05) is 30.3 Å². The van der Waals surface area contributed by atoms with Crippen LogP contribution in [-0.2, 0) is 58.9 Å². The summed E-state index contributed by atoms with van der Waals surface area (Å²) in [6.45, 7) is 6.75. The fourth-order valence-corrected chi connectivity index (χ4v) is 6.22. The van der Waals surface area contributed by atoms with Crippen LogP contribution in [0.4, 0.5) is 0 Å². The zero-order valence-corrected chi connectivity index (χ0v) is 27.7. The maximum Gasteiger partial charge on any atom is 0.303 e. The number of benzene rings is 1. The SMILES string of the molecule is CNC(=O)[C@](C)(CNC(=O)[C@H](Cc1ccccc1)NC(C)=O)S[C@@H]1O[C@H](COC(C)=O)[C@@H](OC(C)=O)[C@H](OC(C)=O)[C@H]1NC(C)=O. The summed E-state index contributed by atoms with van der Waals surface area (Å²) in [5.41, 5.74) is -0.374. The Labute approximate surface area is 271 Å². The molecule has 254 valence electrons. The number of hydrogen-bond donors (Lipinski definition) is 4. The summed E-state index contributed by atoms with van der Waals surface area (Å²) < 4.78 is 20.8. The van der Waals surface area contributed by atoms with Gasteiger partial charge in [-0.15, -0.1) is 11.8 Å². The molecule has 0 saturated carbocycles. The average molecular weight is 667 g/mol. The standard InChI is InChI=1S/C30H42N4O11S/c1-16(35)33-22(13-21-11-9-8-10-12-21)27(40)32-15-30(6,29(41)31-7)46-28-24(34-17(2)36)26(44-20(5)39)25(43-19(4)38)23(45-28)14-42-18(3)37/h8-12,22-26,28H,13-15H2,1-7H3,(H,31,41)(H,32,40)(H,33,35)(H,34,36)/t22-,23+,24+,25+,26+,28-,30-/m0/s1. The first-order valence-corrected chi connectivity index (χ1v) is 15.3. The lowest BCUT2D eigenvalue weighted by Crippen LogP contribution is -2.66. The predicted molar refractivity (Wildman–Crippen MR) is 165 cm³/mol. The average Bonchev–Trinajstić information content (AvgIpc) is 2.96. The molecule has 0 aromatic heterocycles. The van der Waals surface area contributed by atoms with Crippen LogP contribution in [0.3, 0.4) is 0 Å². The van der Waals surface area contributed by atoms with E-state index in [1.807, 2.05) is 18.2 Å². The first-order chi connectivity index (χ1) is 21.6. The highest BCUT2D eigenvalue weighted by atomic mass is 32.2. The topological polar surface area (TPSA) is 205 Å². The van der Waals surface area contributed by atoms with E-state index in [9.17, 15) is 33.6 Å². The smallest absolute Gasteiger partial charge is 0.303 e. The van der Waals surface area contributed by atoms with Gasteiger partial charge in [-0.2, -0.15) is 0 Å². The summed E-state index contributed by atoms with van der Waals surface area (Å²) in [4.78, 5) is 86.8. The number of rotatable bonds is 14. The van der Waals surface area contributed by atoms with Crippen molar-refractivity contribution in [3.8, 4) is 0 Å². The highest BCUT2D eigenvalue weighted by Crippen LogP contribution is 2.38. The summed E-state index contributed by atoms with van der Waals surface area (Å²) in [7, 11) is 1.40. The van der Waals surface area contributed by atoms with Crippen LogP contribution in [0.1, 0.15) is 47.1 Å². The van der Waals surface area contributed by atoms with Gasteiger partial charge in [0.1, 0.15) is 35.0 Å². The molecule has 0 aliphatic carbocycles. The summed E-state index contributed by atoms with van der Waals surface area (Å²) in [6, 6.07) is 6.92. The Bertz CT molecular complexity index is 1280. The molecule has 15 nitrogen and oxygen atoms in total. The van der Waals surface area contributed by atoms with Crippen LogP contribution in [0.15, 0.2) is 30.3 Å². The van der Waals surface area contributed by atoms with Gasteiger partial charge in [0.25, 0.3) is 0 Å². The molecule has 16 heteroatoms. The van der Waals surface area contributed by atoms with E-state index in [0.29, 0.717) is 0 Å². The summed E-state index contributed by atoms with van der Waals surface area (Å²) in [5, 5.41) is 10.6. The molecule has 0 spiro atoms. The zero-order valence-electron chi connectivity index (χ0n) is 26.9. The van der Waals surface area contributed by atoms with Crippen molar-refractivity contribution in [1.29, 1.82) is 0 Å². The van der Waals surface area contributed by atoms with Crippen LogP contribution < -0.4 is 21.3 Å². The van der Waals surface area contributed by atoms with Crippen LogP contribution in [0.25, 0.3) is 0 Å². The number of thioether (sulfide) groups is 1. The molecule has 1 aliphatic heterocycles. The van der Waals surface area contributed by atoms with Crippen molar-refractivity contribution >= 4 is 53.3 Å². The van der Waals surface area contributed by atoms with Crippen molar-refractivity contribution in [2.45, 2.75) is 88.5 Å². The number of ether oxygens (including phenoxy) is 4. The van der Waals surface area contributed by atoms with Crippen molar-refractivity contribution in [1.82, 2.24) is 21.3 Å². The van der Waals surface area contributed by atoms with Crippen LogP contribution in [0.5, 0.6) is 0 Å². The van der Waals surface area contributed by atoms with Gasteiger partial charge in [0.15, 0.2) is 12.2 Å². The summed E-state index contributed by atoms with van der Waals surface area (Å²) in [5.74, 6) is -4.25. The number of nitrogens with one attached hydrogen (secondary N) is 4. The third kappa shape index (κ3) is 11.6. The lowest BCUT2D eigenvalue weighted by molar-refractivity contribution is -0.211. The van der Waals surface area contributed by atoms with Crippen LogP contribution in [0.2, 0.25) is 0 Å². The van der Waals surface area contributed by atoms with E-state index in [4.69, 9.17) is 18.9 Å². The van der Waals surface area contributed by atoms with Crippen molar-refractivity contribution in [3.05, 3.63) is 35.9 Å². The Kier molecular flexibility index (Phi) is 14.5. The predicted octanol–water partition coefficient (Wildman–Crippen LogP) is -0.256. The van der Waals surface area contributed by atoms with E-state index < -0.39 is 88.7 Å². The molecular weight excluding hydrogens is 624 g/mol. The Hall–Kier alpha value is -4.18. The van der Waals surface area contributed by atoms with E-state index in [0.717, 1.165) is 38.1 Å². The maximum absolute atomic E-state index is 13.4. The second kappa shape index (κ2) is 17.5. The molecule has 2 rings (SSSR count). The quantitative estimate of drug-likeness (QED) is 0.150. The Morgan fingerprint density at radius 2 is 1.50 bits per heavy atom. The lowest BCUT2D eigenvalue weighted by Gasteiger charge is -2.46. The number of hydrogen-bond acceptors (Lipinski definition) is 12. The van der Waals surface area contributed by atoms with E-state index in [2.05, 4.69) is 21.3 Å². The molecule has 1 fully saturated rings. The molecule has 7 atom stereocenters. The third-order valence-electron chi connectivity index (χ3n) is 6.73. The molecular formula is C30H42N4O11S. The normalized spacial score (nSPS) is 22.5. The Morgan fingerprint density at radius 3 is 2.02 bits per heavy atom. The third-order valence-corrected chi connectivity index (χ3v) is 8.22. The van der Waals surface area contributed by atoms with E-state index in [-0.39, 0.29) is 13.0 Å². The highest BCUT2D eigenvalue weighted by Gasteiger charge is 2.53. The monoisotopic (exact) mass is 666 g/mol. The van der Waals surface area contributed by atoms with Crippen LogP contribution in [0, 0.1) is 0 Å². The van der Waals surface area contributed by atoms with Crippen molar-refractivity contribution in [3.63, 3.8) is 0 Å². The lowest BCUT2D eigenvalue weighted by atomic mass is 9.97.